The molecule has 3 aromatic heterocycles. The summed E-state index contributed by atoms with van der Waals surface area (Å²) in [7, 11) is 3.21. The molecule has 5 rings (SSSR count). The van der Waals surface area contributed by atoms with Crippen molar-refractivity contribution in [2.24, 2.45) is 12.8 Å². The first kappa shape index (κ1) is 24.6. The Balaban J connectivity index is 1.76. The molecule has 4 heterocycles. The van der Waals surface area contributed by atoms with Gasteiger partial charge in [0, 0.05) is 37.3 Å². The first-order chi connectivity index (χ1) is 17.8. The van der Waals surface area contributed by atoms with Gasteiger partial charge in [0.25, 0.3) is 5.56 Å². The lowest BCUT2D eigenvalue weighted by atomic mass is 10.1. The van der Waals surface area contributed by atoms with Gasteiger partial charge in [-0.2, -0.15) is 0 Å². The van der Waals surface area contributed by atoms with Gasteiger partial charge in [0.2, 0.25) is 0 Å². The molecule has 0 saturated carbocycles. The number of methoxy groups -OCH3 is 1. The van der Waals surface area contributed by atoms with Gasteiger partial charge in [0.15, 0.2) is 11.6 Å². The average Bonchev–Trinajstić information content (AvgIpc) is 3.23. The molecule has 10 heteroatoms. The van der Waals surface area contributed by atoms with Crippen LogP contribution in [0.4, 0.5) is 5.82 Å². The highest BCUT2D eigenvalue weighted by Crippen LogP contribution is 2.38. The van der Waals surface area contributed by atoms with Crippen LogP contribution in [0.3, 0.4) is 0 Å². The molecule has 1 aromatic carbocycles. The zero-order valence-electron chi connectivity index (χ0n) is 21.6. The maximum absolute atomic E-state index is 14.0. The Morgan fingerprint density at radius 3 is 2.68 bits per heavy atom. The van der Waals surface area contributed by atoms with Gasteiger partial charge in [-0.3, -0.25) is 13.9 Å². The van der Waals surface area contributed by atoms with E-state index in [0.29, 0.717) is 29.2 Å². The van der Waals surface area contributed by atoms with Crippen LogP contribution in [-0.2, 0) is 20.1 Å². The molecule has 37 heavy (non-hydrogen) atoms. The molecule has 0 spiro atoms. The molecule has 0 aliphatic carbocycles. The van der Waals surface area contributed by atoms with E-state index in [9.17, 15) is 9.59 Å². The second kappa shape index (κ2) is 9.75. The molecule has 10 nitrogen and oxygen atoms in total. The summed E-state index contributed by atoms with van der Waals surface area (Å²) < 4.78 is 10.3. The van der Waals surface area contributed by atoms with Crippen LogP contribution < -0.4 is 26.6 Å². The van der Waals surface area contributed by atoms with Crippen LogP contribution in [0.25, 0.3) is 21.9 Å². The SMILES string of the molecule is CC#CCn1c(N2CCCC(N)C2)c(OC)c2c1c(=O)n(Cc1nc(C)c3ccccc3n1)c(=O)n2C. The number of rotatable bonds is 5. The largest absolute Gasteiger partial charge is 0.491 e. The second-order valence-electron chi connectivity index (χ2n) is 9.39. The number of hydrogen-bond donors (Lipinski definition) is 1. The minimum Gasteiger partial charge on any atom is -0.491 e. The van der Waals surface area contributed by atoms with Crippen LogP contribution in [-0.4, -0.2) is 49.9 Å². The molecule has 1 saturated heterocycles. The number of nitrogens with two attached hydrogens (primary N) is 1. The molecule has 1 atom stereocenters. The molecule has 4 aromatic rings. The molecular formula is C27H31N7O3. The molecule has 1 aliphatic heterocycles. The fraction of sp³-hybridized carbons (Fsp3) is 0.407. The molecule has 0 radical (unpaired) electrons. The van der Waals surface area contributed by atoms with E-state index in [4.69, 9.17) is 10.5 Å². The Bertz CT molecular complexity index is 1690. The van der Waals surface area contributed by atoms with Gasteiger partial charge in [0.05, 0.1) is 25.7 Å². The van der Waals surface area contributed by atoms with Crippen LogP contribution in [0.5, 0.6) is 5.75 Å². The molecule has 192 valence electrons. The minimum absolute atomic E-state index is 0.0101. The van der Waals surface area contributed by atoms with E-state index in [0.717, 1.165) is 41.8 Å². The summed E-state index contributed by atoms with van der Waals surface area (Å²) in [4.78, 5) is 38.9. The van der Waals surface area contributed by atoms with Crippen LogP contribution in [0.2, 0.25) is 0 Å². The van der Waals surface area contributed by atoms with E-state index in [1.54, 1.807) is 21.1 Å². The Morgan fingerprint density at radius 1 is 1.16 bits per heavy atom. The molecule has 2 N–H and O–H groups in total. The summed E-state index contributed by atoms with van der Waals surface area (Å²) in [6.45, 7) is 5.27. The predicted molar refractivity (Wildman–Crippen MR) is 144 cm³/mol. The molecule has 1 aliphatic rings. The smallest absolute Gasteiger partial charge is 0.331 e. The quantitative estimate of drug-likeness (QED) is 0.415. The van der Waals surface area contributed by atoms with Crippen molar-refractivity contribution in [3.63, 3.8) is 0 Å². The lowest BCUT2D eigenvalue weighted by Crippen LogP contribution is -2.44. The zero-order valence-corrected chi connectivity index (χ0v) is 21.6. The fourth-order valence-corrected chi connectivity index (χ4v) is 5.25. The number of anilines is 1. The number of aryl methyl sites for hydroxylation is 2. The molecule has 1 fully saturated rings. The number of nitrogens with zero attached hydrogens (tertiary/aromatic N) is 6. The summed E-state index contributed by atoms with van der Waals surface area (Å²) in [6, 6.07) is 7.69. The predicted octanol–water partition coefficient (Wildman–Crippen LogP) is 1.76. The van der Waals surface area contributed by atoms with Crippen molar-refractivity contribution in [1.29, 1.82) is 0 Å². The number of ether oxygens (including phenoxy) is 1. The number of fused-ring (bicyclic) bond motifs is 2. The Morgan fingerprint density at radius 2 is 1.95 bits per heavy atom. The Kier molecular flexibility index (Phi) is 6.48. The van der Waals surface area contributed by atoms with Gasteiger partial charge in [-0.05, 0) is 32.8 Å². The van der Waals surface area contributed by atoms with E-state index in [2.05, 4.69) is 26.7 Å². The zero-order chi connectivity index (χ0) is 26.3. The van der Waals surface area contributed by atoms with E-state index in [1.165, 1.54) is 9.13 Å². The third-order valence-electron chi connectivity index (χ3n) is 6.98. The average molecular weight is 502 g/mol. The van der Waals surface area contributed by atoms with Gasteiger partial charge in [0.1, 0.15) is 16.9 Å². The molecule has 0 amide bonds. The number of hydrogen-bond acceptors (Lipinski definition) is 7. The van der Waals surface area contributed by atoms with Crippen molar-refractivity contribution in [3.05, 3.63) is 56.6 Å². The Labute approximate surface area is 214 Å². The molecule has 0 bridgehead atoms. The van der Waals surface area contributed by atoms with Crippen LogP contribution in [0.15, 0.2) is 33.9 Å². The highest BCUT2D eigenvalue weighted by Gasteiger charge is 2.30. The topological polar surface area (TPSA) is 113 Å². The fourth-order valence-electron chi connectivity index (χ4n) is 5.25. The lowest BCUT2D eigenvalue weighted by molar-refractivity contribution is 0.411. The van der Waals surface area contributed by atoms with Crippen LogP contribution in [0, 0.1) is 18.8 Å². The first-order valence-corrected chi connectivity index (χ1v) is 12.4. The number of piperidine rings is 1. The standard InChI is InChI=1S/C27H31N7O3/c1-5-6-14-33-23-22(24(37-4)25(33)32-13-9-10-18(28)15-32)31(3)27(36)34(26(23)35)16-21-29-17(2)19-11-7-8-12-20(19)30-21/h7-8,11-12,18H,9-10,13-16,28H2,1-4H3. The van der Waals surface area contributed by atoms with Crippen molar-refractivity contribution in [1.82, 2.24) is 23.7 Å². The van der Waals surface area contributed by atoms with Gasteiger partial charge in [-0.25, -0.2) is 14.8 Å². The summed E-state index contributed by atoms with van der Waals surface area (Å²) in [5.74, 6) is 7.59. The van der Waals surface area contributed by atoms with Crippen molar-refractivity contribution in [3.8, 4) is 17.6 Å². The third kappa shape index (κ3) is 4.15. The van der Waals surface area contributed by atoms with Gasteiger partial charge >= 0.3 is 5.69 Å². The monoisotopic (exact) mass is 501 g/mol. The lowest BCUT2D eigenvalue weighted by Gasteiger charge is -2.33. The van der Waals surface area contributed by atoms with Crippen molar-refractivity contribution in [2.45, 2.75) is 45.8 Å². The summed E-state index contributed by atoms with van der Waals surface area (Å²) >= 11 is 0. The van der Waals surface area contributed by atoms with E-state index in [1.807, 2.05) is 35.8 Å². The number of aromatic nitrogens is 5. The van der Waals surface area contributed by atoms with Gasteiger partial charge in [-0.1, -0.05) is 24.1 Å². The number of benzene rings is 1. The van der Waals surface area contributed by atoms with E-state index >= 15 is 0 Å². The highest BCUT2D eigenvalue weighted by molar-refractivity contribution is 5.90. The van der Waals surface area contributed by atoms with Crippen molar-refractivity contribution in [2.75, 3.05) is 25.1 Å². The second-order valence-corrected chi connectivity index (χ2v) is 9.39. The maximum Gasteiger partial charge on any atom is 0.331 e. The van der Waals surface area contributed by atoms with Gasteiger partial charge < -0.3 is 19.9 Å². The highest BCUT2D eigenvalue weighted by atomic mass is 16.5. The minimum atomic E-state index is -0.467. The first-order valence-electron chi connectivity index (χ1n) is 12.4. The third-order valence-corrected chi connectivity index (χ3v) is 6.98. The molecular weight excluding hydrogens is 470 g/mol. The Hall–Kier alpha value is -4.10. The van der Waals surface area contributed by atoms with E-state index in [-0.39, 0.29) is 19.1 Å². The summed E-state index contributed by atoms with van der Waals surface area (Å²) in [6.07, 6.45) is 1.86. The summed E-state index contributed by atoms with van der Waals surface area (Å²) in [5.41, 5.74) is 7.74. The normalized spacial score (nSPS) is 15.7. The van der Waals surface area contributed by atoms with Crippen molar-refractivity contribution >= 4 is 27.8 Å². The maximum atomic E-state index is 14.0. The van der Waals surface area contributed by atoms with Crippen LogP contribution >= 0.6 is 0 Å². The van der Waals surface area contributed by atoms with E-state index < -0.39 is 11.2 Å². The summed E-state index contributed by atoms with van der Waals surface area (Å²) in [5, 5.41) is 0.933. The number of para-hydroxylation sites is 1. The van der Waals surface area contributed by atoms with Crippen LogP contribution in [0.1, 0.15) is 31.3 Å². The van der Waals surface area contributed by atoms with Crippen molar-refractivity contribution < 1.29 is 4.74 Å². The molecule has 1 unspecified atom stereocenters. The van der Waals surface area contributed by atoms with Gasteiger partial charge in [-0.15, -0.1) is 5.92 Å².